The number of rotatable bonds is 9. The minimum atomic E-state index is -3.76. The van der Waals surface area contributed by atoms with E-state index in [4.69, 9.17) is 15.0 Å². The maximum atomic E-state index is 12.3. The lowest BCUT2D eigenvalue weighted by Gasteiger charge is -2.14. The quantitative estimate of drug-likeness (QED) is 0.398. The molecular formula is C20H21N5O6S. The van der Waals surface area contributed by atoms with Crippen LogP contribution in [0.15, 0.2) is 59.6 Å². The number of hydrogen-bond donors (Lipinski definition) is 3. The van der Waals surface area contributed by atoms with Crippen LogP contribution in [0.2, 0.25) is 0 Å². The molecule has 0 fully saturated rings. The van der Waals surface area contributed by atoms with Crippen molar-refractivity contribution in [2.75, 3.05) is 12.4 Å². The number of nitrogens with zero attached hydrogens (tertiary/aromatic N) is 3. The van der Waals surface area contributed by atoms with Crippen LogP contribution in [0.1, 0.15) is 27.7 Å². The van der Waals surface area contributed by atoms with Gasteiger partial charge in [0, 0.05) is 12.1 Å². The monoisotopic (exact) mass is 459 g/mol. The lowest BCUT2D eigenvalue weighted by atomic mass is 10.0. The van der Waals surface area contributed by atoms with Crippen LogP contribution in [0.25, 0.3) is 0 Å². The summed E-state index contributed by atoms with van der Waals surface area (Å²) in [6, 6.07) is 11.3. The number of hydrogen-bond acceptors (Lipinski definition) is 8. The van der Waals surface area contributed by atoms with Gasteiger partial charge in [0.05, 0.1) is 30.3 Å². The van der Waals surface area contributed by atoms with Gasteiger partial charge in [0.15, 0.2) is 6.04 Å². The summed E-state index contributed by atoms with van der Waals surface area (Å²) in [5.41, 5.74) is 2.07. The number of benzene rings is 2. The fraction of sp³-hybridized carbons (Fsp3) is 0.200. The Morgan fingerprint density at radius 3 is 2.38 bits per heavy atom. The molecule has 0 aliphatic heterocycles. The summed E-state index contributed by atoms with van der Waals surface area (Å²) < 4.78 is 28.9. The Balaban J connectivity index is 1.69. The molecule has 4 N–H and O–H groups in total. The standard InChI is InChI=1S/C20H21N5O6S/c1-31-20(28)18(10-13-2-4-14(5-3-13)19(26)27)25-12-16(23-24-25)11-22-15-6-8-17(9-7-15)32(21,29)30/h2-9,12,18,22H,10-11H2,1H3,(H,26,27)(H2,21,29,30). The third kappa shape index (κ3) is 5.68. The second kappa shape index (κ2) is 9.58. The van der Waals surface area contributed by atoms with Crippen molar-refractivity contribution in [2.45, 2.75) is 23.9 Å². The zero-order valence-corrected chi connectivity index (χ0v) is 17.8. The number of ether oxygens (including phenoxy) is 1. The smallest absolute Gasteiger partial charge is 0.335 e. The van der Waals surface area contributed by atoms with Gasteiger partial charge in [-0.1, -0.05) is 17.3 Å². The number of primary sulfonamides is 1. The number of carbonyl (C=O) groups is 2. The molecule has 0 aliphatic carbocycles. The van der Waals surface area contributed by atoms with Crippen molar-refractivity contribution in [1.82, 2.24) is 15.0 Å². The maximum absolute atomic E-state index is 12.3. The molecule has 0 amide bonds. The second-order valence-electron chi connectivity index (χ2n) is 6.86. The van der Waals surface area contributed by atoms with Crippen molar-refractivity contribution >= 4 is 27.6 Å². The van der Waals surface area contributed by atoms with Crippen LogP contribution in [0.5, 0.6) is 0 Å². The number of methoxy groups -OCH3 is 1. The third-order valence-corrected chi connectivity index (χ3v) is 5.57. The van der Waals surface area contributed by atoms with E-state index < -0.39 is 28.0 Å². The first kappa shape index (κ1) is 22.9. The van der Waals surface area contributed by atoms with Crippen LogP contribution in [0.4, 0.5) is 5.69 Å². The Labute approximate surface area is 183 Å². The molecule has 168 valence electrons. The summed E-state index contributed by atoms with van der Waals surface area (Å²) in [7, 11) is -2.49. The Bertz CT molecular complexity index is 1210. The number of carboxylic acids is 1. The largest absolute Gasteiger partial charge is 0.478 e. The molecule has 2 aromatic carbocycles. The van der Waals surface area contributed by atoms with E-state index in [0.29, 0.717) is 11.4 Å². The number of aromatic carboxylic acids is 1. The number of carbonyl (C=O) groups excluding carboxylic acids is 1. The Kier molecular flexibility index (Phi) is 6.85. The van der Waals surface area contributed by atoms with Gasteiger partial charge in [0.1, 0.15) is 5.69 Å². The normalized spacial score (nSPS) is 12.2. The topological polar surface area (TPSA) is 166 Å². The summed E-state index contributed by atoms with van der Waals surface area (Å²) >= 11 is 0. The molecule has 32 heavy (non-hydrogen) atoms. The lowest BCUT2D eigenvalue weighted by Crippen LogP contribution is -2.23. The van der Waals surface area contributed by atoms with E-state index in [-0.39, 0.29) is 23.4 Å². The highest BCUT2D eigenvalue weighted by Crippen LogP contribution is 2.18. The SMILES string of the molecule is COC(=O)C(Cc1ccc(C(=O)O)cc1)n1cc(CNc2ccc(S(N)(=O)=O)cc2)nn1. The Morgan fingerprint density at radius 1 is 1.16 bits per heavy atom. The van der Waals surface area contributed by atoms with Gasteiger partial charge < -0.3 is 15.2 Å². The van der Waals surface area contributed by atoms with E-state index in [1.807, 2.05) is 0 Å². The van der Waals surface area contributed by atoms with Gasteiger partial charge in [0.2, 0.25) is 10.0 Å². The number of carboxylic acid groups (broad SMARTS) is 1. The molecule has 3 aromatic rings. The predicted octanol–water partition coefficient (Wildman–Crippen LogP) is 1.19. The minimum Gasteiger partial charge on any atom is -0.478 e. The average Bonchev–Trinajstić information content (AvgIpc) is 3.24. The number of sulfonamides is 1. The second-order valence-corrected chi connectivity index (χ2v) is 8.42. The van der Waals surface area contributed by atoms with Crippen molar-refractivity contribution in [1.29, 1.82) is 0 Å². The molecule has 3 rings (SSSR count). The molecule has 0 saturated carbocycles. The van der Waals surface area contributed by atoms with Crippen molar-refractivity contribution < 1.29 is 27.9 Å². The molecule has 0 bridgehead atoms. The van der Waals surface area contributed by atoms with E-state index in [2.05, 4.69) is 15.6 Å². The minimum absolute atomic E-state index is 0.00584. The van der Waals surface area contributed by atoms with Crippen LogP contribution in [-0.4, -0.2) is 47.6 Å². The molecular weight excluding hydrogens is 438 g/mol. The van der Waals surface area contributed by atoms with E-state index in [9.17, 15) is 18.0 Å². The molecule has 0 spiro atoms. The summed E-state index contributed by atoms with van der Waals surface area (Å²) in [5.74, 6) is -1.55. The lowest BCUT2D eigenvalue weighted by molar-refractivity contribution is -0.144. The first-order valence-corrected chi connectivity index (χ1v) is 10.9. The number of esters is 1. The van der Waals surface area contributed by atoms with Gasteiger partial charge in [-0.25, -0.2) is 27.8 Å². The fourth-order valence-electron chi connectivity index (χ4n) is 2.93. The van der Waals surface area contributed by atoms with Gasteiger partial charge in [-0.15, -0.1) is 5.10 Å². The summed E-state index contributed by atoms with van der Waals surface area (Å²) in [5, 5.41) is 25.2. The molecule has 12 heteroatoms. The van der Waals surface area contributed by atoms with Crippen LogP contribution in [-0.2, 0) is 32.5 Å². The molecule has 1 unspecified atom stereocenters. The molecule has 0 radical (unpaired) electrons. The van der Waals surface area contributed by atoms with Gasteiger partial charge in [-0.2, -0.15) is 0 Å². The number of anilines is 1. The summed E-state index contributed by atoms with van der Waals surface area (Å²) in [4.78, 5) is 23.3. The number of nitrogens with two attached hydrogens (primary N) is 1. The van der Waals surface area contributed by atoms with Gasteiger partial charge in [-0.3, -0.25) is 0 Å². The summed E-state index contributed by atoms with van der Waals surface area (Å²) in [6.07, 6.45) is 1.83. The molecule has 0 aliphatic rings. The third-order valence-electron chi connectivity index (χ3n) is 4.64. The summed E-state index contributed by atoms with van der Waals surface area (Å²) in [6.45, 7) is 0.274. The highest BCUT2D eigenvalue weighted by molar-refractivity contribution is 7.89. The molecule has 0 saturated heterocycles. The Hall–Kier alpha value is -3.77. The maximum Gasteiger partial charge on any atom is 0.335 e. The number of nitrogens with one attached hydrogen (secondary N) is 1. The fourth-order valence-corrected chi connectivity index (χ4v) is 3.44. The molecule has 1 heterocycles. The van der Waals surface area contributed by atoms with Crippen molar-refractivity contribution in [3.8, 4) is 0 Å². The number of aromatic nitrogens is 3. The van der Waals surface area contributed by atoms with Crippen LogP contribution < -0.4 is 10.5 Å². The molecule has 1 aromatic heterocycles. The van der Waals surface area contributed by atoms with Gasteiger partial charge in [0.25, 0.3) is 0 Å². The van der Waals surface area contributed by atoms with Crippen LogP contribution >= 0.6 is 0 Å². The zero-order chi connectivity index (χ0) is 23.3. The predicted molar refractivity (Wildman–Crippen MR) is 113 cm³/mol. The highest BCUT2D eigenvalue weighted by atomic mass is 32.2. The molecule has 11 nitrogen and oxygen atoms in total. The van der Waals surface area contributed by atoms with E-state index in [0.717, 1.165) is 5.56 Å². The Morgan fingerprint density at radius 2 is 1.81 bits per heavy atom. The van der Waals surface area contributed by atoms with E-state index >= 15 is 0 Å². The van der Waals surface area contributed by atoms with Crippen molar-refractivity contribution in [3.05, 3.63) is 71.5 Å². The van der Waals surface area contributed by atoms with E-state index in [1.165, 1.54) is 36.1 Å². The highest BCUT2D eigenvalue weighted by Gasteiger charge is 2.23. The van der Waals surface area contributed by atoms with Crippen molar-refractivity contribution in [2.24, 2.45) is 5.14 Å². The first-order valence-electron chi connectivity index (χ1n) is 9.35. The van der Waals surface area contributed by atoms with Crippen LogP contribution in [0, 0.1) is 0 Å². The first-order chi connectivity index (χ1) is 15.2. The van der Waals surface area contributed by atoms with Crippen LogP contribution in [0.3, 0.4) is 0 Å². The van der Waals surface area contributed by atoms with Gasteiger partial charge >= 0.3 is 11.9 Å². The average molecular weight is 459 g/mol. The van der Waals surface area contributed by atoms with Crippen molar-refractivity contribution in [3.63, 3.8) is 0 Å². The molecule has 1 atom stereocenters. The van der Waals surface area contributed by atoms with Gasteiger partial charge in [-0.05, 0) is 42.0 Å². The zero-order valence-electron chi connectivity index (χ0n) is 17.0. The van der Waals surface area contributed by atoms with E-state index in [1.54, 1.807) is 30.5 Å².